The maximum absolute atomic E-state index is 12.5. The summed E-state index contributed by atoms with van der Waals surface area (Å²) in [6.45, 7) is 10.5. The van der Waals surface area contributed by atoms with Gasteiger partial charge in [-0.25, -0.2) is 0 Å². The molecule has 0 bridgehead atoms. The van der Waals surface area contributed by atoms with Crippen molar-refractivity contribution in [2.75, 3.05) is 13.7 Å². The highest BCUT2D eigenvalue weighted by molar-refractivity contribution is 5.99. The van der Waals surface area contributed by atoms with Gasteiger partial charge < -0.3 is 10.5 Å². The number of methoxy groups -OCH3 is 1. The molecule has 0 unspecified atom stereocenters. The van der Waals surface area contributed by atoms with E-state index in [1.807, 2.05) is 40.7 Å². The van der Waals surface area contributed by atoms with Crippen LogP contribution in [0.25, 0.3) is 0 Å². The van der Waals surface area contributed by atoms with Gasteiger partial charge in [0.05, 0.1) is 7.11 Å². The number of Topliss-reactive ketones (excluding diaryl/α,β-unsaturated/α-hetero) is 1. The molecular weight excluding hydrogens is 238 g/mol. The molecule has 106 valence electrons. The van der Waals surface area contributed by atoms with E-state index in [1.165, 1.54) is 0 Å². The van der Waals surface area contributed by atoms with Gasteiger partial charge in [0.25, 0.3) is 0 Å². The van der Waals surface area contributed by atoms with E-state index in [4.69, 9.17) is 10.5 Å². The molecule has 2 N–H and O–H groups in total. The van der Waals surface area contributed by atoms with Gasteiger partial charge in [0.15, 0.2) is 5.78 Å². The molecule has 1 aromatic carbocycles. The van der Waals surface area contributed by atoms with Crippen molar-refractivity contribution < 1.29 is 9.53 Å². The van der Waals surface area contributed by atoms with Gasteiger partial charge in [0.2, 0.25) is 0 Å². The second-order valence-electron chi connectivity index (χ2n) is 5.99. The minimum Gasteiger partial charge on any atom is -0.496 e. The van der Waals surface area contributed by atoms with E-state index in [-0.39, 0.29) is 11.2 Å². The van der Waals surface area contributed by atoms with Gasteiger partial charge in [0, 0.05) is 12.0 Å². The highest BCUT2D eigenvalue weighted by Gasteiger charge is 2.24. The van der Waals surface area contributed by atoms with Gasteiger partial charge in [-0.05, 0) is 55.5 Å². The van der Waals surface area contributed by atoms with Gasteiger partial charge in [-0.1, -0.05) is 13.8 Å². The molecule has 0 aliphatic rings. The third-order valence-electron chi connectivity index (χ3n) is 3.74. The third-order valence-corrected chi connectivity index (χ3v) is 3.74. The van der Waals surface area contributed by atoms with Crippen LogP contribution in [0.2, 0.25) is 0 Å². The lowest BCUT2D eigenvalue weighted by molar-refractivity contribution is 0.0933. The van der Waals surface area contributed by atoms with Crippen LogP contribution in [0.15, 0.2) is 6.07 Å². The monoisotopic (exact) mass is 263 g/mol. The van der Waals surface area contributed by atoms with E-state index in [1.54, 1.807) is 7.11 Å². The number of benzene rings is 1. The largest absolute Gasteiger partial charge is 0.496 e. The van der Waals surface area contributed by atoms with Crippen molar-refractivity contribution >= 4 is 5.78 Å². The molecule has 0 atom stereocenters. The molecule has 0 radical (unpaired) electrons. The zero-order valence-electron chi connectivity index (χ0n) is 12.9. The molecule has 0 heterocycles. The molecule has 1 rings (SSSR count). The summed E-state index contributed by atoms with van der Waals surface area (Å²) in [5, 5.41) is 0. The summed E-state index contributed by atoms with van der Waals surface area (Å²) < 4.78 is 5.33. The van der Waals surface area contributed by atoms with Crippen LogP contribution in [-0.2, 0) is 0 Å². The predicted molar refractivity (Wildman–Crippen MR) is 79.0 cm³/mol. The minimum absolute atomic E-state index is 0.163. The van der Waals surface area contributed by atoms with Crippen molar-refractivity contribution in [2.45, 2.75) is 41.0 Å². The van der Waals surface area contributed by atoms with E-state index >= 15 is 0 Å². The van der Waals surface area contributed by atoms with Crippen molar-refractivity contribution in [2.24, 2.45) is 11.1 Å². The minimum atomic E-state index is -0.163. The number of carbonyl (C=O) groups is 1. The summed E-state index contributed by atoms with van der Waals surface area (Å²) in [6.07, 6.45) is 0.469. The highest BCUT2D eigenvalue weighted by atomic mass is 16.5. The average molecular weight is 263 g/mol. The zero-order chi connectivity index (χ0) is 14.8. The fourth-order valence-corrected chi connectivity index (χ4v) is 2.28. The lowest BCUT2D eigenvalue weighted by Crippen LogP contribution is -2.27. The molecule has 0 aliphatic carbocycles. The topological polar surface area (TPSA) is 52.3 Å². The summed E-state index contributed by atoms with van der Waals surface area (Å²) >= 11 is 0. The second kappa shape index (κ2) is 5.74. The molecule has 3 nitrogen and oxygen atoms in total. The Bertz CT molecular complexity index is 490. The Balaban J connectivity index is 3.21. The summed E-state index contributed by atoms with van der Waals surface area (Å²) in [7, 11) is 1.65. The lowest BCUT2D eigenvalue weighted by Gasteiger charge is -2.23. The Kier molecular flexibility index (Phi) is 4.75. The molecule has 19 heavy (non-hydrogen) atoms. The molecule has 0 saturated carbocycles. The van der Waals surface area contributed by atoms with E-state index in [2.05, 4.69) is 0 Å². The third kappa shape index (κ3) is 3.35. The fraction of sp³-hybridized carbons (Fsp3) is 0.562. The van der Waals surface area contributed by atoms with Crippen LogP contribution in [-0.4, -0.2) is 19.4 Å². The first kappa shape index (κ1) is 15.7. The van der Waals surface area contributed by atoms with Gasteiger partial charge in [-0.3, -0.25) is 4.79 Å². The average Bonchev–Trinajstić information content (AvgIpc) is 2.33. The SMILES string of the molecule is COc1cc(C)c(C(=O)CC(C)(C)CN)c(C)c1C. The molecule has 0 spiro atoms. The summed E-state index contributed by atoms with van der Waals surface area (Å²) in [5.74, 6) is 1.00. The quantitative estimate of drug-likeness (QED) is 0.830. The van der Waals surface area contributed by atoms with Crippen LogP contribution >= 0.6 is 0 Å². The van der Waals surface area contributed by atoms with E-state index in [0.717, 1.165) is 28.0 Å². The van der Waals surface area contributed by atoms with Crippen molar-refractivity contribution in [1.82, 2.24) is 0 Å². The van der Waals surface area contributed by atoms with Gasteiger partial charge in [0.1, 0.15) is 5.75 Å². The van der Waals surface area contributed by atoms with Gasteiger partial charge in [-0.15, -0.1) is 0 Å². The van der Waals surface area contributed by atoms with E-state index in [0.29, 0.717) is 13.0 Å². The summed E-state index contributed by atoms with van der Waals surface area (Å²) in [4.78, 5) is 12.5. The Hall–Kier alpha value is -1.35. The number of rotatable bonds is 5. The van der Waals surface area contributed by atoms with Gasteiger partial charge >= 0.3 is 0 Å². The molecule has 1 aromatic rings. The molecule has 0 aromatic heterocycles. The predicted octanol–water partition coefficient (Wildman–Crippen LogP) is 3.18. The molecule has 3 heteroatoms. The zero-order valence-corrected chi connectivity index (χ0v) is 12.9. The van der Waals surface area contributed by atoms with Gasteiger partial charge in [-0.2, -0.15) is 0 Å². The first-order valence-electron chi connectivity index (χ1n) is 6.61. The summed E-state index contributed by atoms with van der Waals surface area (Å²) in [5.41, 5.74) is 9.38. The highest BCUT2D eigenvalue weighted by Crippen LogP contribution is 2.30. The van der Waals surface area contributed by atoms with Crippen LogP contribution in [0.3, 0.4) is 0 Å². The number of hydrogen-bond donors (Lipinski definition) is 1. The van der Waals surface area contributed by atoms with E-state index in [9.17, 15) is 4.79 Å². The first-order valence-corrected chi connectivity index (χ1v) is 6.61. The van der Waals surface area contributed by atoms with E-state index < -0.39 is 0 Å². The molecule has 0 saturated heterocycles. The molecule has 0 aliphatic heterocycles. The number of hydrogen-bond acceptors (Lipinski definition) is 3. The lowest BCUT2D eigenvalue weighted by atomic mass is 9.83. The van der Waals surface area contributed by atoms with Crippen molar-refractivity contribution in [1.29, 1.82) is 0 Å². The van der Waals surface area contributed by atoms with Crippen molar-refractivity contribution in [3.8, 4) is 5.75 Å². The van der Waals surface area contributed by atoms with Crippen LogP contribution in [0.4, 0.5) is 0 Å². The smallest absolute Gasteiger partial charge is 0.164 e. The standard InChI is InChI=1S/C16H25NO2/c1-10-7-14(19-6)11(2)12(3)15(10)13(18)8-16(4,5)9-17/h7H,8-9,17H2,1-6H3. The summed E-state index contributed by atoms with van der Waals surface area (Å²) in [6, 6.07) is 1.94. The molecule has 0 fully saturated rings. The molecular formula is C16H25NO2. The van der Waals surface area contributed by atoms with Crippen LogP contribution in [0, 0.1) is 26.2 Å². The Labute approximate surface area is 116 Å². The first-order chi connectivity index (χ1) is 8.73. The van der Waals surface area contributed by atoms with Crippen LogP contribution in [0.5, 0.6) is 5.75 Å². The fourth-order valence-electron chi connectivity index (χ4n) is 2.28. The maximum atomic E-state index is 12.5. The van der Waals surface area contributed by atoms with Crippen LogP contribution < -0.4 is 10.5 Å². The Morgan fingerprint density at radius 3 is 2.32 bits per heavy atom. The number of ether oxygens (including phenoxy) is 1. The maximum Gasteiger partial charge on any atom is 0.164 e. The second-order valence-corrected chi connectivity index (χ2v) is 5.99. The van der Waals surface area contributed by atoms with Crippen LogP contribution in [0.1, 0.15) is 47.3 Å². The normalized spacial score (nSPS) is 11.5. The Morgan fingerprint density at radius 1 is 1.26 bits per heavy atom. The number of nitrogens with two attached hydrogens (primary N) is 1. The number of carbonyl (C=O) groups excluding carboxylic acids is 1. The van der Waals surface area contributed by atoms with Crippen molar-refractivity contribution in [3.05, 3.63) is 28.3 Å². The molecule has 0 amide bonds. The number of ketones is 1. The Morgan fingerprint density at radius 2 is 1.84 bits per heavy atom. The number of aryl methyl sites for hydroxylation is 1. The van der Waals surface area contributed by atoms with Crippen molar-refractivity contribution in [3.63, 3.8) is 0 Å².